The Morgan fingerprint density at radius 2 is 1.12 bits per heavy atom. The van der Waals surface area contributed by atoms with Crippen molar-refractivity contribution in [1.29, 1.82) is 0 Å². The molecule has 100 valence electrons. The van der Waals surface area contributed by atoms with Gasteiger partial charge in [-0.05, 0) is 19.3 Å². The Kier molecular flexibility index (Phi) is 11.4. The summed E-state index contributed by atoms with van der Waals surface area (Å²) < 4.78 is 0. The molecule has 0 atom stereocenters. The minimum atomic E-state index is 0.309. The standard InChI is InChI=1S/C15H28O2/c1-3-5-6-7-8-11-15(17)13-9-12-14(16)10-4-2/h3-13H2,1-2H3. The van der Waals surface area contributed by atoms with Gasteiger partial charge in [-0.25, -0.2) is 0 Å². The highest BCUT2D eigenvalue weighted by Crippen LogP contribution is 2.09. The molecule has 0 rings (SSSR count). The van der Waals surface area contributed by atoms with Gasteiger partial charge in [-0.3, -0.25) is 9.59 Å². The number of rotatable bonds is 12. The maximum atomic E-state index is 11.5. The molecule has 0 fully saturated rings. The number of carbonyl (C=O) groups is 2. The summed E-state index contributed by atoms with van der Waals surface area (Å²) in [4.78, 5) is 22.7. The van der Waals surface area contributed by atoms with Crippen LogP contribution in [0.5, 0.6) is 0 Å². The summed E-state index contributed by atoms with van der Waals surface area (Å²) in [5.74, 6) is 0.647. The topological polar surface area (TPSA) is 34.1 Å². The number of Topliss-reactive ketones (excluding diaryl/α,β-unsaturated/α-hetero) is 2. The summed E-state index contributed by atoms with van der Waals surface area (Å²) in [6, 6.07) is 0. The summed E-state index contributed by atoms with van der Waals surface area (Å²) in [6.45, 7) is 4.21. The van der Waals surface area contributed by atoms with Gasteiger partial charge in [-0.15, -0.1) is 0 Å². The fraction of sp³-hybridized carbons (Fsp3) is 0.867. The van der Waals surface area contributed by atoms with Crippen molar-refractivity contribution in [1.82, 2.24) is 0 Å². The Bertz CT molecular complexity index is 209. The van der Waals surface area contributed by atoms with Crippen molar-refractivity contribution in [2.45, 2.75) is 84.5 Å². The molecule has 0 aliphatic rings. The van der Waals surface area contributed by atoms with Gasteiger partial charge in [0.2, 0.25) is 0 Å². The van der Waals surface area contributed by atoms with Crippen LogP contribution in [0.3, 0.4) is 0 Å². The molecule has 0 bridgehead atoms. The molecule has 0 N–H and O–H groups in total. The highest BCUT2D eigenvalue weighted by Gasteiger charge is 2.04. The molecule has 0 saturated heterocycles. The molecule has 0 aromatic rings. The molecule has 0 spiro atoms. The number of ketones is 2. The highest BCUT2D eigenvalue weighted by atomic mass is 16.1. The lowest BCUT2D eigenvalue weighted by Crippen LogP contribution is -2.01. The Morgan fingerprint density at radius 1 is 0.588 bits per heavy atom. The van der Waals surface area contributed by atoms with E-state index >= 15 is 0 Å². The Labute approximate surface area is 106 Å². The second kappa shape index (κ2) is 11.8. The van der Waals surface area contributed by atoms with E-state index in [0.717, 1.165) is 19.3 Å². The normalized spacial score (nSPS) is 10.5. The second-order valence-electron chi connectivity index (χ2n) is 4.85. The molecule has 0 aliphatic heterocycles. The first kappa shape index (κ1) is 16.3. The van der Waals surface area contributed by atoms with Crippen LogP contribution < -0.4 is 0 Å². The number of hydrogen-bond donors (Lipinski definition) is 0. The third-order valence-electron chi connectivity index (χ3n) is 3.00. The summed E-state index contributed by atoms with van der Waals surface area (Å²) in [6.07, 6.45) is 10.2. The Hall–Kier alpha value is -0.660. The number of hydrogen-bond acceptors (Lipinski definition) is 2. The molecule has 2 heteroatoms. The van der Waals surface area contributed by atoms with Gasteiger partial charge in [0.05, 0.1) is 0 Å². The maximum Gasteiger partial charge on any atom is 0.132 e. The zero-order chi connectivity index (χ0) is 12.9. The molecular weight excluding hydrogens is 212 g/mol. The molecule has 0 aromatic carbocycles. The van der Waals surface area contributed by atoms with E-state index in [-0.39, 0.29) is 0 Å². The SMILES string of the molecule is CCCCCCCC(=O)CCCC(=O)CCC. The Morgan fingerprint density at radius 3 is 1.71 bits per heavy atom. The van der Waals surface area contributed by atoms with Crippen LogP contribution >= 0.6 is 0 Å². The third kappa shape index (κ3) is 11.6. The molecule has 0 aromatic heterocycles. The molecule has 0 saturated carbocycles. The first-order valence-electron chi connectivity index (χ1n) is 7.24. The van der Waals surface area contributed by atoms with Gasteiger partial charge in [0.25, 0.3) is 0 Å². The summed E-state index contributed by atoms with van der Waals surface area (Å²) in [7, 11) is 0. The minimum Gasteiger partial charge on any atom is -0.300 e. The van der Waals surface area contributed by atoms with Gasteiger partial charge >= 0.3 is 0 Å². The summed E-state index contributed by atoms with van der Waals surface area (Å²) in [5.41, 5.74) is 0. The van der Waals surface area contributed by atoms with Gasteiger partial charge < -0.3 is 0 Å². The van der Waals surface area contributed by atoms with Gasteiger partial charge in [0, 0.05) is 25.7 Å². The van der Waals surface area contributed by atoms with Crippen LogP contribution in [0.2, 0.25) is 0 Å². The summed E-state index contributed by atoms with van der Waals surface area (Å²) >= 11 is 0. The predicted octanol–water partition coefficient (Wildman–Crippen LogP) is 4.46. The molecule has 0 aliphatic carbocycles. The largest absolute Gasteiger partial charge is 0.300 e. The number of unbranched alkanes of at least 4 members (excludes halogenated alkanes) is 4. The van der Waals surface area contributed by atoms with Crippen molar-refractivity contribution in [2.24, 2.45) is 0 Å². The molecule has 0 amide bonds. The second-order valence-corrected chi connectivity index (χ2v) is 4.85. The lowest BCUT2D eigenvalue weighted by molar-refractivity contribution is -0.120. The first-order chi connectivity index (χ1) is 8.20. The van der Waals surface area contributed by atoms with Gasteiger partial charge in [0.1, 0.15) is 11.6 Å². The fourth-order valence-electron chi connectivity index (χ4n) is 1.94. The zero-order valence-electron chi connectivity index (χ0n) is 11.6. The van der Waals surface area contributed by atoms with Crippen LogP contribution in [-0.2, 0) is 9.59 Å². The van der Waals surface area contributed by atoms with Gasteiger partial charge in [-0.2, -0.15) is 0 Å². The minimum absolute atomic E-state index is 0.309. The average molecular weight is 240 g/mol. The van der Waals surface area contributed by atoms with Crippen LogP contribution in [0.4, 0.5) is 0 Å². The fourth-order valence-corrected chi connectivity index (χ4v) is 1.94. The summed E-state index contributed by atoms with van der Waals surface area (Å²) in [5, 5.41) is 0. The van der Waals surface area contributed by atoms with E-state index in [1.165, 1.54) is 25.7 Å². The molecule has 0 radical (unpaired) electrons. The van der Waals surface area contributed by atoms with E-state index in [2.05, 4.69) is 6.92 Å². The Balaban J connectivity index is 3.31. The van der Waals surface area contributed by atoms with E-state index in [0.29, 0.717) is 37.2 Å². The molecule has 2 nitrogen and oxygen atoms in total. The predicted molar refractivity (Wildman–Crippen MR) is 72.1 cm³/mol. The monoisotopic (exact) mass is 240 g/mol. The van der Waals surface area contributed by atoms with E-state index in [1.807, 2.05) is 6.92 Å². The smallest absolute Gasteiger partial charge is 0.132 e. The van der Waals surface area contributed by atoms with E-state index < -0.39 is 0 Å². The van der Waals surface area contributed by atoms with Crippen molar-refractivity contribution in [3.63, 3.8) is 0 Å². The van der Waals surface area contributed by atoms with Crippen LogP contribution in [0.1, 0.15) is 84.5 Å². The van der Waals surface area contributed by atoms with Crippen LogP contribution in [0.15, 0.2) is 0 Å². The molecular formula is C15H28O2. The maximum absolute atomic E-state index is 11.5. The van der Waals surface area contributed by atoms with Crippen molar-refractivity contribution in [3.05, 3.63) is 0 Å². The third-order valence-corrected chi connectivity index (χ3v) is 3.00. The molecule has 0 heterocycles. The highest BCUT2D eigenvalue weighted by molar-refractivity contribution is 5.81. The van der Waals surface area contributed by atoms with E-state index in [1.54, 1.807) is 0 Å². The van der Waals surface area contributed by atoms with Crippen LogP contribution in [0.25, 0.3) is 0 Å². The first-order valence-corrected chi connectivity index (χ1v) is 7.24. The lowest BCUT2D eigenvalue weighted by Gasteiger charge is -2.01. The van der Waals surface area contributed by atoms with Crippen LogP contribution in [0, 0.1) is 0 Å². The molecule has 0 unspecified atom stereocenters. The van der Waals surface area contributed by atoms with Gasteiger partial charge in [-0.1, -0.05) is 39.5 Å². The quantitative estimate of drug-likeness (QED) is 0.472. The van der Waals surface area contributed by atoms with Crippen molar-refractivity contribution in [3.8, 4) is 0 Å². The van der Waals surface area contributed by atoms with E-state index in [4.69, 9.17) is 0 Å². The molecule has 17 heavy (non-hydrogen) atoms. The average Bonchev–Trinajstić information content (AvgIpc) is 2.29. The van der Waals surface area contributed by atoms with Crippen molar-refractivity contribution < 1.29 is 9.59 Å². The number of carbonyl (C=O) groups excluding carboxylic acids is 2. The zero-order valence-corrected chi connectivity index (χ0v) is 11.6. The van der Waals surface area contributed by atoms with Gasteiger partial charge in [0.15, 0.2) is 0 Å². The van der Waals surface area contributed by atoms with Crippen LogP contribution in [-0.4, -0.2) is 11.6 Å². The van der Waals surface area contributed by atoms with E-state index in [9.17, 15) is 9.59 Å². The lowest BCUT2D eigenvalue weighted by atomic mass is 10.0. The van der Waals surface area contributed by atoms with Crippen molar-refractivity contribution in [2.75, 3.05) is 0 Å². The van der Waals surface area contributed by atoms with Crippen molar-refractivity contribution >= 4 is 11.6 Å².